The summed E-state index contributed by atoms with van der Waals surface area (Å²) in [6.07, 6.45) is 2.75. The lowest BCUT2D eigenvalue weighted by molar-refractivity contribution is -0.141. The molecule has 1 aromatic rings. The molecule has 3 rings (SSSR count). The van der Waals surface area contributed by atoms with Crippen molar-refractivity contribution in [2.45, 2.75) is 38.1 Å². The molecule has 1 heterocycles. The van der Waals surface area contributed by atoms with Crippen molar-refractivity contribution in [2.75, 3.05) is 25.6 Å². The molecule has 4 amide bonds. The number of hydrazine groups is 1. The first-order valence-corrected chi connectivity index (χ1v) is 9.62. The van der Waals surface area contributed by atoms with Crippen LogP contribution in [0.15, 0.2) is 24.3 Å². The number of imide groups is 1. The highest BCUT2D eigenvalue weighted by Crippen LogP contribution is 2.35. The Labute approximate surface area is 169 Å². The Morgan fingerprint density at radius 1 is 1.21 bits per heavy atom. The zero-order valence-electron chi connectivity index (χ0n) is 16.9. The minimum Gasteiger partial charge on any atom is -0.452 e. The minimum atomic E-state index is -0.943. The number of ether oxygens (including phenoxy) is 1. The molecule has 156 valence electrons. The third-order valence-corrected chi connectivity index (χ3v) is 5.48. The predicted molar refractivity (Wildman–Crippen MR) is 105 cm³/mol. The molecule has 2 N–H and O–H groups in total. The van der Waals surface area contributed by atoms with Crippen LogP contribution >= 0.6 is 0 Å². The Kier molecular flexibility index (Phi) is 5.76. The molecule has 1 aliphatic carbocycles. The van der Waals surface area contributed by atoms with E-state index in [1.807, 2.05) is 19.0 Å². The van der Waals surface area contributed by atoms with Crippen molar-refractivity contribution in [3.05, 3.63) is 29.8 Å². The van der Waals surface area contributed by atoms with Gasteiger partial charge in [-0.15, -0.1) is 0 Å². The van der Waals surface area contributed by atoms with E-state index in [0.717, 1.165) is 18.5 Å². The summed E-state index contributed by atoms with van der Waals surface area (Å²) in [4.78, 5) is 51.0. The second-order valence-electron chi connectivity index (χ2n) is 7.89. The standard InChI is InChI=1S/C20H26N4O5/c1-13-8-10-20(11-9-13)18(27)24(19(28)21-20)22-16(25)12-29-17(26)14-4-6-15(7-5-14)23(2)3/h4-7,13H,8-12H2,1-3H3,(H,21,28)(H,22,25). The van der Waals surface area contributed by atoms with Crippen LogP contribution in [0.3, 0.4) is 0 Å². The van der Waals surface area contributed by atoms with Crippen molar-refractivity contribution in [3.63, 3.8) is 0 Å². The van der Waals surface area contributed by atoms with Crippen molar-refractivity contribution in [1.29, 1.82) is 0 Å². The first-order chi connectivity index (χ1) is 13.7. The van der Waals surface area contributed by atoms with Crippen LogP contribution in [0, 0.1) is 5.92 Å². The molecule has 2 fully saturated rings. The van der Waals surface area contributed by atoms with Gasteiger partial charge < -0.3 is 15.0 Å². The number of nitrogens with zero attached hydrogens (tertiary/aromatic N) is 2. The van der Waals surface area contributed by atoms with Gasteiger partial charge in [0.1, 0.15) is 5.54 Å². The molecule has 29 heavy (non-hydrogen) atoms. The highest BCUT2D eigenvalue weighted by atomic mass is 16.5. The summed E-state index contributed by atoms with van der Waals surface area (Å²) in [5.74, 6) is -1.39. The molecular weight excluding hydrogens is 376 g/mol. The van der Waals surface area contributed by atoms with Crippen LogP contribution in [0.1, 0.15) is 43.0 Å². The average molecular weight is 402 g/mol. The maximum Gasteiger partial charge on any atom is 0.344 e. The van der Waals surface area contributed by atoms with Gasteiger partial charge in [-0.1, -0.05) is 6.92 Å². The monoisotopic (exact) mass is 402 g/mol. The molecule has 1 spiro atoms. The van der Waals surface area contributed by atoms with E-state index < -0.39 is 36.0 Å². The van der Waals surface area contributed by atoms with Crippen molar-refractivity contribution >= 4 is 29.5 Å². The number of amides is 4. The fraction of sp³-hybridized carbons (Fsp3) is 0.500. The highest BCUT2D eigenvalue weighted by Gasteiger charge is 2.52. The third-order valence-electron chi connectivity index (χ3n) is 5.48. The van der Waals surface area contributed by atoms with E-state index in [9.17, 15) is 19.2 Å². The summed E-state index contributed by atoms with van der Waals surface area (Å²) >= 11 is 0. The van der Waals surface area contributed by atoms with Crippen molar-refractivity contribution in [2.24, 2.45) is 5.92 Å². The lowest BCUT2D eigenvalue weighted by Gasteiger charge is -2.33. The maximum absolute atomic E-state index is 12.7. The van der Waals surface area contributed by atoms with E-state index in [1.165, 1.54) is 0 Å². The van der Waals surface area contributed by atoms with E-state index in [1.54, 1.807) is 24.3 Å². The molecule has 9 nitrogen and oxygen atoms in total. The van der Waals surface area contributed by atoms with Gasteiger partial charge in [0.05, 0.1) is 5.56 Å². The van der Waals surface area contributed by atoms with Crippen LogP contribution in [0.25, 0.3) is 0 Å². The molecule has 0 radical (unpaired) electrons. The molecule has 0 unspecified atom stereocenters. The van der Waals surface area contributed by atoms with E-state index in [4.69, 9.17) is 4.74 Å². The zero-order valence-corrected chi connectivity index (χ0v) is 16.9. The smallest absolute Gasteiger partial charge is 0.344 e. The molecule has 0 aromatic heterocycles. The molecule has 2 aliphatic rings. The summed E-state index contributed by atoms with van der Waals surface area (Å²) in [6.45, 7) is 1.51. The van der Waals surface area contributed by atoms with Gasteiger partial charge in [-0.2, -0.15) is 5.01 Å². The van der Waals surface area contributed by atoms with Gasteiger partial charge in [-0.3, -0.25) is 15.0 Å². The number of benzene rings is 1. The van der Waals surface area contributed by atoms with Gasteiger partial charge in [0.15, 0.2) is 6.61 Å². The molecule has 1 aliphatic heterocycles. The maximum atomic E-state index is 12.7. The minimum absolute atomic E-state index is 0.300. The molecular formula is C20H26N4O5. The van der Waals surface area contributed by atoms with Crippen LogP contribution in [0.5, 0.6) is 0 Å². The average Bonchev–Trinajstić information content (AvgIpc) is 2.92. The molecule has 0 bridgehead atoms. The van der Waals surface area contributed by atoms with Crippen molar-refractivity contribution in [3.8, 4) is 0 Å². The Hall–Kier alpha value is -3.10. The first-order valence-electron chi connectivity index (χ1n) is 9.62. The third kappa shape index (κ3) is 4.33. The Bertz CT molecular complexity index is 813. The molecule has 1 aromatic carbocycles. The van der Waals surface area contributed by atoms with Crippen LogP contribution in [0.4, 0.5) is 10.5 Å². The number of carbonyl (C=O) groups excluding carboxylic acids is 4. The van der Waals surface area contributed by atoms with Crippen molar-refractivity contribution in [1.82, 2.24) is 15.8 Å². The SMILES string of the molecule is CC1CCC2(CC1)NC(=O)N(NC(=O)COC(=O)c1ccc(N(C)C)cc1)C2=O. The Morgan fingerprint density at radius 2 is 1.83 bits per heavy atom. The quantitative estimate of drug-likeness (QED) is 0.570. The number of hydrogen-bond donors (Lipinski definition) is 2. The second-order valence-corrected chi connectivity index (χ2v) is 7.89. The van der Waals surface area contributed by atoms with Gasteiger partial charge in [-0.05, 0) is 55.9 Å². The van der Waals surface area contributed by atoms with Crippen LogP contribution in [-0.4, -0.2) is 55.1 Å². The van der Waals surface area contributed by atoms with E-state index >= 15 is 0 Å². The lowest BCUT2D eigenvalue weighted by atomic mass is 9.77. The fourth-order valence-electron chi connectivity index (χ4n) is 3.58. The van der Waals surface area contributed by atoms with Gasteiger partial charge in [0.2, 0.25) is 0 Å². The van der Waals surface area contributed by atoms with E-state index in [2.05, 4.69) is 17.7 Å². The Balaban J connectivity index is 1.53. The van der Waals surface area contributed by atoms with Gasteiger partial charge in [0, 0.05) is 19.8 Å². The topological polar surface area (TPSA) is 108 Å². The van der Waals surface area contributed by atoms with E-state index in [-0.39, 0.29) is 0 Å². The van der Waals surface area contributed by atoms with Crippen LogP contribution in [-0.2, 0) is 14.3 Å². The second kappa shape index (κ2) is 8.10. The van der Waals surface area contributed by atoms with Gasteiger partial charge >= 0.3 is 12.0 Å². The number of anilines is 1. The van der Waals surface area contributed by atoms with Crippen LogP contribution < -0.4 is 15.6 Å². The molecule has 9 heteroatoms. The summed E-state index contributed by atoms with van der Waals surface area (Å²) in [6, 6.07) is 6.05. The summed E-state index contributed by atoms with van der Waals surface area (Å²) < 4.78 is 4.99. The number of esters is 1. The highest BCUT2D eigenvalue weighted by molar-refractivity contribution is 6.08. The molecule has 1 saturated carbocycles. The molecule has 1 saturated heterocycles. The Morgan fingerprint density at radius 3 is 2.41 bits per heavy atom. The number of hydrogen-bond acceptors (Lipinski definition) is 6. The van der Waals surface area contributed by atoms with Gasteiger partial charge in [-0.25, -0.2) is 9.59 Å². The predicted octanol–water partition coefficient (Wildman–Crippen LogP) is 1.44. The number of carbonyl (C=O) groups is 4. The lowest BCUT2D eigenvalue weighted by Crippen LogP contribution is -2.52. The summed E-state index contributed by atoms with van der Waals surface area (Å²) in [5, 5.41) is 3.40. The number of rotatable bonds is 5. The first kappa shape index (κ1) is 20.6. The van der Waals surface area contributed by atoms with Crippen molar-refractivity contribution < 1.29 is 23.9 Å². The molecule has 0 atom stereocenters. The number of nitrogens with one attached hydrogen (secondary N) is 2. The normalized spacial score (nSPS) is 23.7. The summed E-state index contributed by atoms with van der Waals surface area (Å²) in [5.41, 5.74) is 2.52. The van der Waals surface area contributed by atoms with E-state index in [0.29, 0.717) is 29.3 Å². The number of urea groups is 1. The zero-order chi connectivity index (χ0) is 21.2. The summed E-state index contributed by atoms with van der Waals surface area (Å²) in [7, 11) is 3.76. The largest absolute Gasteiger partial charge is 0.452 e. The van der Waals surface area contributed by atoms with Gasteiger partial charge in [0.25, 0.3) is 11.8 Å². The van der Waals surface area contributed by atoms with Crippen LogP contribution in [0.2, 0.25) is 0 Å². The fourth-order valence-corrected chi connectivity index (χ4v) is 3.58.